The van der Waals surface area contributed by atoms with E-state index in [4.69, 9.17) is 16.0 Å². The molecule has 0 unspecified atom stereocenters. The standard InChI is InChI=1S/C20H24ClN3O6S2.C2H6/c1-5-24(6-2)32(28,29)20-18(27)15(19(21)31-20)23-14-13(16(25)17(14)26)22-8-12-7-11(9-30-12)10(3)4;1-2/h7,9-10,22-23,27H,5-6,8H2,1-4H3;1-2H3. The summed E-state index contributed by atoms with van der Waals surface area (Å²) < 4.78 is 31.8. The van der Waals surface area contributed by atoms with Gasteiger partial charge in [-0.25, -0.2) is 8.42 Å². The van der Waals surface area contributed by atoms with Gasteiger partial charge in [0.05, 0.1) is 12.8 Å². The molecule has 2 aromatic heterocycles. The van der Waals surface area contributed by atoms with Gasteiger partial charge in [-0.05, 0) is 17.5 Å². The second-order valence-corrected chi connectivity index (χ2v) is 11.1. The van der Waals surface area contributed by atoms with Crippen LogP contribution in [0.2, 0.25) is 4.34 Å². The molecule has 188 valence electrons. The molecule has 1 aromatic carbocycles. The van der Waals surface area contributed by atoms with Crippen LogP contribution in [0, 0.1) is 0 Å². The summed E-state index contributed by atoms with van der Waals surface area (Å²) in [6.07, 6.45) is 1.63. The minimum absolute atomic E-state index is 0.00677. The number of aromatic hydroxyl groups is 1. The van der Waals surface area contributed by atoms with Crippen molar-refractivity contribution >= 4 is 50.0 Å². The maximum absolute atomic E-state index is 12.8. The molecule has 0 spiro atoms. The zero-order valence-electron chi connectivity index (χ0n) is 20.0. The Balaban J connectivity index is 0.00000199. The highest BCUT2D eigenvalue weighted by atomic mass is 35.5. The van der Waals surface area contributed by atoms with Crippen molar-refractivity contribution in [2.75, 3.05) is 23.7 Å². The van der Waals surface area contributed by atoms with Crippen molar-refractivity contribution in [3.05, 3.63) is 48.4 Å². The van der Waals surface area contributed by atoms with Crippen LogP contribution in [0.25, 0.3) is 0 Å². The highest BCUT2D eigenvalue weighted by molar-refractivity contribution is 7.91. The van der Waals surface area contributed by atoms with Gasteiger partial charge >= 0.3 is 0 Å². The molecule has 0 aliphatic heterocycles. The van der Waals surface area contributed by atoms with Gasteiger partial charge in [-0.1, -0.05) is 53.1 Å². The number of nitrogens with one attached hydrogen (secondary N) is 2. The van der Waals surface area contributed by atoms with E-state index in [1.807, 2.05) is 33.8 Å². The minimum atomic E-state index is -3.97. The Morgan fingerprint density at radius 1 is 1.12 bits per heavy atom. The van der Waals surface area contributed by atoms with Crippen LogP contribution in [0.1, 0.15) is 58.8 Å². The summed E-state index contributed by atoms with van der Waals surface area (Å²) in [6.45, 7) is 12.0. The molecule has 12 heteroatoms. The van der Waals surface area contributed by atoms with Crippen molar-refractivity contribution in [2.45, 2.75) is 58.2 Å². The van der Waals surface area contributed by atoms with Crippen LogP contribution in [0.15, 0.2) is 30.5 Å². The number of hydrogen-bond donors (Lipinski definition) is 3. The zero-order valence-corrected chi connectivity index (χ0v) is 22.4. The lowest BCUT2D eigenvalue weighted by Crippen LogP contribution is -2.36. The Hall–Kier alpha value is -2.34. The van der Waals surface area contributed by atoms with Crippen LogP contribution in [-0.2, 0) is 16.6 Å². The summed E-state index contributed by atoms with van der Waals surface area (Å²) >= 11 is 6.84. The van der Waals surface area contributed by atoms with E-state index in [-0.39, 0.29) is 51.2 Å². The molecule has 0 amide bonds. The summed E-state index contributed by atoms with van der Waals surface area (Å²) in [7, 11) is -3.97. The maximum Gasteiger partial charge on any atom is 0.256 e. The number of sulfonamides is 1. The van der Waals surface area contributed by atoms with Gasteiger partial charge < -0.3 is 20.2 Å². The van der Waals surface area contributed by atoms with Crippen LogP contribution in [0.5, 0.6) is 5.75 Å². The molecule has 3 rings (SSSR count). The monoisotopic (exact) mass is 531 g/mol. The van der Waals surface area contributed by atoms with Gasteiger partial charge in [0.15, 0.2) is 9.96 Å². The first-order valence-electron chi connectivity index (χ1n) is 11.0. The zero-order chi connectivity index (χ0) is 25.8. The summed E-state index contributed by atoms with van der Waals surface area (Å²) in [5.41, 5.74) is -0.769. The molecule has 3 N–H and O–H groups in total. The Kier molecular flexibility index (Phi) is 9.35. The molecule has 0 fully saturated rings. The normalized spacial score (nSPS) is 11.7. The largest absolute Gasteiger partial charge is 0.504 e. The van der Waals surface area contributed by atoms with E-state index in [0.29, 0.717) is 17.1 Å². The molecular formula is C22H30ClN3O6S2. The average molecular weight is 532 g/mol. The number of hydrogen-bond acceptors (Lipinski definition) is 9. The molecule has 0 atom stereocenters. The van der Waals surface area contributed by atoms with Gasteiger partial charge in [-0.3, -0.25) is 9.59 Å². The number of halogens is 1. The highest BCUT2D eigenvalue weighted by Gasteiger charge is 2.32. The number of rotatable bonds is 10. The number of furan rings is 1. The van der Waals surface area contributed by atoms with Crippen LogP contribution < -0.4 is 21.5 Å². The van der Waals surface area contributed by atoms with Crippen LogP contribution in [0.3, 0.4) is 0 Å². The van der Waals surface area contributed by atoms with E-state index in [1.54, 1.807) is 20.1 Å². The molecule has 0 aliphatic carbocycles. The Morgan fingerprint density at radius 3 is 2.24 bits per heavy atom. The average Bonchev–Trinajstić information content (AvgIpc) is 3.40. The summed E-state index contributed by atoms with van der Waals surface area (Å²) in [6, 6.07) is 1.85. The van der Waals surface area contributed by atoms with E-state index >= 15 is 0 Å². The number of thiophene rings is 1. The fourth-order valence-corrected chi connectivity index (χ4v) is 6.48. The topological polar surface area (TPSA) is 129 Å². The van der Waals surface area contributed by atoms with Gasteiger partial charge in [0.1, 0.15) is 27.2 Å². The van der Waals surface area contributed by atoms with Gasteiger partial charge in [-0.2, -0.15) is 4.31 Å². The van der Waals surface area contributed by atoms with Crippen LogP contribution >= 0.6 is 22.9 Å². The van der Waals surface area contributed by atoms with Crippen LogP contribution in [0.4, 0.5) is 17.1 Å². The van der Waals surface area contributed by atoms with Gasteiger partial charge in [0.25, 0.3) is 20.9 Å². The van der Waals surface area contributed by atoms with Crippen LogP contribution in [-0.4, -0.2) is 30.9 Å². The summed E-state index contributed by atoms with van der Waals surface area (Å²) in [5, 5.41) is 16.0. The SMILES string of the molecule is CC.CCN(CC)S(=O)(=O)c1sc(Cl)c(Nc2c(NCc3cc(C(C)C)co3)c(=O)c2=O)c1O. The van der Waals surface area contributed by atoms with Crippen molar-refractivity contribution in [1.82, 2.24) is 4.31 Å². The number of anilines is 3. The summed E-state index contributed by atoms with van der Waals surface area (Å²) in [4.78, 5) is 24.2. The first-order chi connectivity index (χ1) is 16.0. The van der Waals surface area contributed by atoms with Crippen molar-refractivity contribution in [2.24, 2.45) is 0 Å². The molecule has 34 heavy (non-hydrogen) atoms. The van der Waals surface area contributed by atoms with Crippen molar-refractivity contribution in [1.29, 1.82) is 0 Å². The summed E-state index contributed by atoms with van der Waals surface area (Å²) in [5.74, 6) is 0.261. The Bertz CT molecular complexity index is 1300. The third-order valence-electron chi connectivity index (χ3n) is 5.03. The fraction of sp³-hybridized carbons (Fsp3) is 0.455. The molecule has 3 aromatic rings. The molecule has 0 saturated heterocycles. The third-order valence-corrected chi connectivity index (χ3v) is 8.95. The van der Waals surface area contributed by atoms with Gasteiger partial charge in [0, 0.05) is 13.1 Å². The van der Waals surface area contributed by atoms with E-state index in [2.05, 4.69) is 10.6 Å². The molecule has 0 saturated carbocycles. The molecule has 0 aliphatic rings. The lowest BCUT2D eigenvalue weighted by atomic mass is 10.1. The Morgan fingerprint density at radius 2 is 1.71 bits per heavy atom. The second kappa shape index (κ2) is 11.4. The minimum Gasteiger partial charge on any atom is -0.504 e. The van der Waals surface area contributed by atoms with E-state index in [0.717, 1.165) is 5.56 Å². The predicted octanol–water partition coefficient (Wildman–Crippen LogP) is 4.83. The first-order valence-corrected chi connectivity index (χ1v) is 13.6. The van der Waals surface area contributed by atoms with Crippen molar-refractivity contribution < 1.29 is 17.9 Å². The quantitative estimate of drug-likeness (QED) is 0.317. The third kappa shape index (κ3) is 5.32. The Labute approximate surface area is 208 Å². The molecule has 2 heterocycles. The highest BCUT2D eigenvalue weighted by Crippen LogP contribution is 2.47. The molecule has 0 radical (unpaired) electrons. The first kappa shape index (κ1) is 27.9. The lowest BCUT2D eigenvalue weighted by molar-refractivity contribution is 0.434. The maximum atomic E-state index is 12.8. The smallest absolute Gasteiger partial charge is 0.256 e. The van der Waals surface area contributed by atoms with Crippen molar-refractivity contribution in [3.8, 4) is 5.75 Å². The van der Waals surface area contributed by atoms with E-state index in [1.165, 1.54) is 4.31 Å². The molecule has 9 nitrogen and oxygen atoms in total. The van der Waals surface area contributed by atoms with E-state index in [9.17, 15) is 23.1 Å². The molecular weight excluding hydrogens is 502 g/mol. The second-order valence-electron chi connectivity index (χ2n) is 7.36. The van der Waals surface area contributed by atoms with Crippen molar-refractivity contribution in [3.63, 3.8) is 0 Å². The predicted molar refractivity (Wildman–Crippen MR) is 137 cm³/mol. The lowest BCUT2D eigenvalue weighted by Gasteiger charge is -2.17. The molecule has 0 bridgehead atoms. The van der Waals surface area contributed by atoms with Gasteiger partial charge in [0.2, 0.25) is 0 Å². The fourth-order valence-electron chi connectivity index (χ4n) is 3.11. The number of nitrogens with zero attached hydrogens (tertiary/aromatic N) is 1. The van der Waals surface area contributed by atoms with E-state index < -0.39 is 26.6 Å². The van der Waals surface area contributed by atoms with Gasteiger partial charge in [-0.15, -0.1) is 11.3 Å².